The van der Waals surface area contributed by atoms with Crippen molar-refractivity contribution >= 4 is 28.8 Å². The third-order valence-electron chi connectivity index (χ3n) is 2.87. The van der Waals surface area contributed by atoms with E-state index in [0.717, 1.165) is 16.9 Å². The zero-order valence-corrected chi connectivity index (χ0v) is 12.5. The molecular formula is C16H15ClN2O2. The Balaban J connectivity index is 2.14. The van der Waals surface area contributed by atoms with Gasteiger partial charge in [0.2, 0.25) is 5.91 Å². The number of hydrogen-bond acceptors (Lipinski definition) is 3. The third kappa shape index (κ3) is 4.07. The highest BCUT2D eigenvalue weighted by atomic mass is 35.5. The highest BCUT2D eigenvalue weighted by Crippen LogP contribution is 2.25. The first-order valence-electron chi connectivity index (χ1n) is 6.34. The molecule has 2 aromatic rings. The number of carbonyl (C=O) groups is 1. The number of amides is 1. The summed E-state index contributed by atoms with van der Waals surface area (Å²) in [7, 11) is 1.60. The van der Waals surface area contributed by atoms with Crippen molar-refractivity contribution in [2.24, 2.45) is 0 Å². The van der Waals surface area contributed by atoms with Crippen molar-refractivity contribution in [2.75, 3.05) is 12.4 Å². The van der Waals surface area contributed by atoms with Crippen molar-refractivity contribution in [1.82, 2.24) is 4.98 Å². The number of pyridine rings is 1. The molecule has 0 spiro atoms. The molecule has 0 unspecified atom stereocenters. The van der Waals surface area contributed by atoms with Gasteiger partial charge in [0.25, 0.3) is 0 Å². The first-order valence-corrected chi connectivity index (χ1v) is 6.72. The van der Waals surface area contributed by atoms with E-state index in [1.54, 1.807) is 19.2 Å². The van der Waals surface area contributed by atoms with Crippen LogP contribution in [-0.2, 0) is 4.79 Å². The van der Waals surface area contributed by atoms with Crippen LogP contribution in [0.5, 0.6) is 5.75 Å². The van der Waals surface area contributed by atoms with Crippen molar-refractivity contribution in [2.45, 2.75) is 6.92 Å². The molecule has 1 aromatic heterocycles. The van der Waals surface area contributed by atoms with E-state index in [4.69, 9.17) is 16.3 Å². The number of benzene rings is 1. The van der Waals surface area contributed by atoms with Gasteiger partial charge in [0.1, 0.15) is 10.9 Å². The fourth-order valence-corrected chi connectivity index (χ4v) is 1.98. The van der Waals surface area contributed by atoms with Crippen LogP contribution in [0.3, 0.4) is 0 Å². The molecule has 0 fully saturated rings. The van der Waals surface area contributed by atoms with E-state index in [0.29, 0.717) is 10.8 Å². The average Bonchev–Trinajstić information content (AvgIpc) is 2.49. The number of allylic oxidation sites excluding steroid dienone is 1. The van der Waals surface area contributed by atoms with Crippen LogP contribution in [-0.4, -0.2) is 18.0 Å². The minimum Gasteiger partial charge on any atom is -0.496 e. The van der Waals surface area contributed by atoms with Crippen LogP contribution >= 0.6 is 11.6 Å². The molecule has 108 valence electrons. The molecule has 0 aliphatic carbocycles. The Kier molecular flexibility index (Phi) is 4.95. The van der Waals surface area contributed by atoms with Gasteiger partial charge in [-0.1, -0.05) is 29.8 Å². The van der Waals surface area contributed by atoms with Crippen LogP contribution in [0.1, 0.15) is 12.5 Å². The second-order valence-corrected chi connectivity index (χ2v) is 4.77. The molecule has 0 bridgehead atoms. The second kappa shape index (κ2) is 6.90. The number of aromatic nitrogens is 1. The number of rotatable bonds is 4. The highest BCUT2D eigenvalue weighted by molar-refractivity contribution is 6.29. The molecule has 5 heteroatoms. The molecular weight excluding hydrogens is 288 g/mol. The lowest BCUT2D eigenvalue weighted by atomic mass is 10.1. The van der Waals surface area contributed by atoms with E-state index < -0.39 is 0 Å². The van der Waals surface area contributed by atoms with E-state index in [1.165, 1.54) is 12.3 Å². The molecule has 1 heterocycles. The van der Waals surface area contributed by atoms with Gasteiger partial charge in [-0.3, -0.25) is 4.79 Å². The Morgan fingerprint density at radius 1 is 1.29 bits per heavy atom. The summed E-state index contributed by atoms with van der Waals surface area (Å²) in [5, 5.41) is 3.11. The lowest BCUT2D eigenvalue weighted by Crippen LogP contribution is -2.08. The third-order valence-corrected chi connectivity index (χ3v) is 3.10. The molecule has 0 atom stereocenters. The Labute approximate surface area is 128 Å². The normalized spacial score (nSPS) is 11.1. The van der Waals surface area contributed by atoms with E-state index in [-0.39, 0.29) is 5.91 Å². The molecule has 1 amide bonds. The van der Waals surface area contributed by atoms with Gasteiger partial charge in [-0.2, -0.15) is 0 Å². The van der Waals surface area contributed by atoms with Crippen molar-refractivity contribution in [1.29, 1.82) is 0 Å². The first-order chi connectivity index (χ1) is 10.1. The van der Waals surface area contributed by atoms with Gasteiger partial charge in [-0.25, -0.2) is 4.98 Å². The number of halogens is 1. The summed E-state index contributed by atoms with van der Waals surface area (Å²) in [5.74, 6) is 0.495. The molecule has 21 heavy (non-hydrogen) atoms. The number of hydrogen-bond donors (Lipinski definition) is 1. The summed E-state index contributed by atoms with van der Waals surface area (Å²) in [6.07, 6.45) is 3.03. The number of carbonyl (C=O) groups excluding carboxylic acids is 1. The lowest BCUT2D eigenvalue weighted by Gasteiger charge is -2.08. The minimum atomic E-state index is -0.234. The van der Waals surface area contributed by atoms with Crippen LogP contribution in [0.25, 0.3) is 5.57 Å². The maximum absolute atomic E-state index is 12.0. The number of anilines is 1. The summed E-state index contributed by atoms with van der Waals surface area (Å²) >= 11 is 5.70. The largest absolute Gasteiger partial charge is 0.496 e. The fraction of sp³-hybridized carbons (Fsp3) is 0.125. The SMILES string of the molecule is COc1ccccc1/C(C)=C/C(=O)Nc1ccc(Cl)nc1. The maximum atomic E-state index is 12.0. The van der Waals surface area contributed by atoms with Crippen LogP contribution in [0.15, 0.2) is 48.7 Å². The molecule has 0 saturated carbocycles. The van der Waals surface area contributed by atoms with Gasteiger partial charge in [-0.05, 0) is 30.7 Å². The zero-order chi connectivity index (χ0) is 15.2. The first kappa shape index (κ1) is 15.1. The van der Waals surface area contributed by atoms with Crippen LogP contribution in [0.2, 0.25) is 5.15 Å². The van der Waals surface area contributed by atoms with E-state index in [2.05, 4.69) is 10.3 Å². The van der Waals surface area contributed by atoms with E-state index in [1.807, 2.05) is 31.2 Å². The summed E-state index contributed by atoms with van der Waals surface area (Å²) < 4.78 is 5.28. The summed E-state index contributed by atoms with van der Waals surface area (Å²) in [5.41, 5.74) is 2.28. The summed E-state index contributed by atoms with van der Waals surface area (Å²) in [6.45, 7) is 1.86. The predicted molar refractivity (Wildman–Crippen MR) is 84.5 cm³/mol. The number of methoxy groups -OCH3 is 1. The smallest absolute Gasteiger partial charge is 0.248 e. The molecule has 0 radical (unpaired) electrons. The summed E-state index contributed by atoms with van der Waals surface area (Å²) in [4.78, 5) is 15.9. The van der Waals surface area contributed by atoms with Gasteiger partial charge in [-0.15, -0.1) is 0 Å². The van der Waals surface area contributed by atoms with E-state index >= 15 is 0 Å². The Morgan fingerprint density at radius 2 is 2.05 bits per heavy atom. The molecule has 1 N–H and O–H groups in total. The standard InChI is InChI=1S/C16H15ClN2O2/c1-11(13-5-3-4-6-14(13)21-2)9-16(20)19-12-7-8-15(17)18-10-12/h3-10H,1-2H3,(H,19,20)/b11-9+. The van der Waals surface area contributed by atoms with Gasteiger partial charge >= 0.3 is 0 Å². The fourth-order valence-electron chi connectivity index (χ4n) is 1.87. The van der Waals surface area contributed by atoms with Crippen LogP contribution in [0, 0.1) is 0 Å². The van der Waals surface area contributed by atoms with Crippen molar-refractivity contribution < 1.29 is 9.53 Å². The van der Waals surface area contributed by atoms with Crippen LogP contribution in [0.4, 0.5) is 5.69 Å². The topological polar surface area (TPSA) is 51.2 Å². The second-order valence-electron chi connectivity index (χ2n) is 4.39. The molecule has 0 aliphatic rings. The number of para-hydroxylation sites is 1. The predicted octanol–water partition coefficient (Wildman–Crippen LogP) is 3.79. The monoisotopic (exact) mass is 302 g/mol. The Bertz CT molecular complexity index is 666. The molecule has 0 aliphatic heterocycles. The Morgan fingerprint density at radius 3 is 2.71 bits per heavy atom. The zero-order valence-electron chi connectivity index (χ0n) is 11.8. The quantitative estimate of drug-likeness (QED) is 0.690. The average molecular weight is 303 g/mol. The molecule has 2 rings (SSSR count). The highest BCUT2D eigenvalue weighted by Gasteiger charge is 2.06. The van der Waals surface area contributed by atoms with Crippen LogP contribution < -0.4 is 10.1 Å². The van der Waals surface area contributed by atoms with Gasteiger partial charge in [0, 0.05) is 11.6 Å². The Hall–Kier alpha value is -2.33. The minimum absolute atomic E-state index is 0.234. The molecule has 0 saturated heterocycles. The maximum Gasteiger partial charge on any atom is 0.248 e. The van der Waals surface area contributed by atoms with Gasteiger partial charge in [0.05, 0.1) is 19.0 Å². The van der Waals surface area contributed by atoms with Crippen molar-refractivity contribution in [3.05, 3.63) is 59.4 Å². The molecule has 1 aromatic carbocycles. The number of nitrogens with zero attached hydrogens (tertiary/aromatic N) is 1. The number of nitrogens with one attached hydrogen (secondary N) is 1. The van der Waals surface area contributed by atoms with Crippen molar-refractivity contribution in [3.63, 3.8) is 0 Å². The lowest BCUT2D eigenvalue weighted by molar-refractivity contribution is -0.111. The van der Waals surface area contributed by atoms with Crippen molar-refractivity contribution in [3.8, 4) is 5.75 Å². The van der Waals surface area contributed by atoms with Gasteiger partial charge in [0.15, 0.2) is 0 Å². The number of ether oxygens (including phenoxy) is 1. The summed E-state index contributed by atoms with van der Waals surface area (Å²) in [6, 6.07) is 10.9. The van der Waals surface area contributed by atoms with E-state index in [9.17, 15) is 4.79 Å². The van der Waals surface area contributed by atoms with Gasteiger partial charge < -0.3 is 10.1 Å². The molecule has 4 nitrogen and oxygen atoms in total.